The molecule has 0 aliphatic rings. The van der Waals surface area contributed by atoms with Crippen molar-refractivity contribution in [2.24, 2.45) is 0 Å². The van der Waals surface area contributed by atoms with E-state index in [0.29, 0.717) is 22.2 Å². The zero-order chi connectivity index (χ0) is 16.2. The number of nitrogens with one attached hydrogen (secondary N) is 1. The van der Waals surface area contributed by atoms with Crippen molar-refractivity contribution in [3.63, 3.8) is 0 Å². The van der Waals surface area contributed by atoms with Crippen LogP contribution in [0, 0.1) is 0 Å². The molecular weight excluding hydrogens is 314 g/mol. The van der Waals surface area contributed by atoms with Crippen LogP contribution in [0.1, 0.15) is 10.5 Å². The molecule has 2 aromatic carbocycles. The Morgan fingerprint density at radius 3 is 2.70 bits per heavy atom. The predicted octanol–water partition coefficient (Wildman–Crippen LogP) is 3.79. The van der Waals surface area contributed by atoms with Crippen molar-refractivity contribution in [3.8, 4) is 11.4 Å². The second-order valence-electron chi connectivity index (χ2n) is 4.81. The minimum atomic E-state index is -0.305. The van der Waals surface area contributed by atoms with Gasteiger partial charge in [0.05, 0.1) is 12.1 Å². The summed E-state index contributed by atoms with van der Waals surface area (Å²) in [7, 11) is 1.54. The van der Waals surface area contributed by atoms with Gasteiger partial charge in [-0.2, -0.15) is 0 Å². The second kappa shape index (κ2) is 6.54. The van der Waals surface area contributed by atoms with Gasteiger partial charge in [0.15, 0.2) is 0 Å². The van der Waals surface area contributed by atoms with E-state index in [1.807, 2.05) is 30.3 Å². The predicted molar refractivity (Wildman–Crippen MR) is 89.5 cm³/mol. The molecule has 5 nitrogen and oxygen atoms in total. The zero-order valence-electron chi connectivity index (χ0n) is 12.4. The molecule has 1 N–H and O–H groups in total. The summed E-state index contributed by atoms with van der Waals surface area (Å²) in [6, 6.07) is 14.7. The van der Waals surface area contributed by atoms with E-state index in [1.54, 1.807) is 35.3 Å². The van der Waals surface area contributed by atoms with E-state index < -0.39 is 0 Å². The third kappa shape index (κ3) is 3.35. The molecule has 0 atom stereocenters. The minimum absolute atomic E-state index is 0.305. The van der Waals surface area contributed by atoms with Crippen molar-refractivity contribution >= 4 is 23.2 Å². The Kier molecular flexibility index (Phi) is 4.30. The number of nitrogens with zero attached hydrogens (tertiary/aromatic N) is 2. The number of benzene rings is 2. The number of amides is 1. The van der Waals surface area contributed by atoms with Gasteiger partial charge in [0.25, 0.3) is 5.91 Å². The van der Waals surface area contributed by atoms with E-state index in [4.69, 9.17) is 16.3 Å². The third-order valence-electron chi connectivity index (χ3n) is 3.28. The Morgan fingerprint density at radius 2 is 2.00 bits per heavy atom. The molecule has 0 fully saturated rings. The van der Waals surface area contributed by atoms with Crippen LogP contribution in [0.5, 0.6) is 5.75 Å². The molecule has 116 valence electrons. The number of para-hydroxylation sites is 1. The SMILES string of the molecule is COc1ccc(NC(=O)c2cn(-c3ccccc3)cn2)cc1Cl. The van der Waals surface area contributed by atoms with Crippen LogP contribution in [-0.4, -0.2) is 22.6 Å². The van der Waals surface area contributed by atoms with Gasteiger partial charge in [0.2, 0.25) is 0 Å². The topological polar surface area (TPSA) is 56.1 Å². The first kappa shape index (κ1) is 15.1. The summed E-state index contributed by atoms with van der Waals surface area (Å²) in [6.45, 7) is 0. The van der Waals surface area contributed by atoms with Crippen molar-refractivity contribution in [1.82, 2.24) is 9.55 Å². The molecule has 0 saturated carbocycles. The second-order valence-corrected chi connectivity index (χ2v) is 5.21. The molecule has 0 bridgehead atoms. The molecule has 1 amide bonds. The van der Waals surface area contributed by atoms with Crippen LogP contribution in [0.3, 0.4) is 0 Å². The van der Waals surface area contributed by atoms with Gasteiger partial charge < -0.3 is 14.6 Å². The van der Waals surface area contributed by atoms with E-state index in [-0.39, 0.29) is 5.91 Å². The molecule has 23 heavy (non-hydrogen) atoms. The van der Waals surface area contributed by atoms with Crippen molar-refractivity contribution in [2.45, 2.75) is 0 Å². The van der Waals surface area contributed by atoms with E-state index >= 15 is 0 Å². The highest BCUT2D eigenvalue weighted by Gasteiger charge is 2.11. The van der Waals surface area contributed by atoms with Crippen LogP contribution in [0.4, 0.5) is 5.69 Å². The highest BCUT2D eigenvalue weighted by molar-refractivity contribution is 6.32. The molecule has 3 aromatic rings. The van der Waals surface area contributed by atoms with Gasteiger partial charge in [-0.25, -0.2) is 4.98 Å². The van der Waals surface area contributed by atoms with Crippen LogP contribution < -0.4 is 10.1 Å². The third-order valence-corrected chi connectivity index (χ3v) is 3.57. The van der Waals surface area contributed by atoms with Gasteiger partial charge in [-0.3, -0.25) is 4.79 Å². The van der Waals surface area contributed by atoms with Crippen LogP contribution in [0.15, 0.2) is 61.1 Å². The first-order chi connectivity index (χ1) is 11.2. The molecule has 6 heteroatoms. The number of ether oxygens (including phenoxy) is 1. The fraction of sp³-hybridized carbons (Fsp3) is 0.0588. The largest absolute Gasteiger partial charge is 0.495 e. The average molecular weight is 328 g/mol. The lowest BCUT2D eigenvalue weighted by Crippen LogP contribution is -2.12. The normalized spacial score (nSPS) is 10.3. The first-order valence-electron chi connectivity index (χ1n) is 6.91. The molecule has 0 spiro atoms. The Hall–Kier alpha value is -2.79. The Morgan fingerprint density at radius 1 is 1.22 bits per heavy atom. The number of hydrogen-bond donors (Lipinski definition) is 1. The number of methoxy groups -OCH3 is 1. The number of carbonyl (C=O) groups is 1. The molecule has 0 radical (unpaired) electrons. The standard InChI is InChI=1S/C17H14ClN3O2/c1-23-16-8-7-12(9-14(16)18)20-17(22)15-10-21(11-19-15)13-5-3-2-4-6-13/h2-11H,1H3,(H,20,22). The highest BCUT2D eigenvalue weighted by Crippen LogP contribution is 2.27. The van der Waals surface area contributed by atoms with Crippen molar-refractivity contribution < 1.29 is 9.53 Å². The highest BCUT2D eigenvalue weighted by atomic mass is 35.5. The summed E-state index contributed by atoms with van der Waals surface area (Å²) < 4.78 is 6.87. The Balaban J connectivity index is 1.76. The number of halogens is 1. The maximum atomic E-state index is 12.3. The van der Waals surface area contributed by atoms with Gasteiger partial charge in [0, 0.05) is 17.6 Å². The van der Waals surface area contributed by atoms with Gasteiger partial charge in [-0.15, -0.1) is 0 Å². The zero-order valence-corrected chi connectivity index (χ0v) is 13.1. The van der Waals surface area contributed by atoms with Crippen molar-refractivity contribution in [1.29, 1.82) is 0 Å². The van der Waals surface area contributed by atoms with E-state index in [0.717, 1.165) is 5.69 Å². The summed E-state index contributed by atoms with van der Waals surface area (Å²) in [5, 5.41) is 3.19. The maximum absolute atomic E-state index is 12.3. The van der Waals surface area contributed by atoms with E-state index in [9.17, 15) is 4.79 Å². The number of aromatic nitrogens is 2. The lowest BCUT2D eigenvalue weighted by Gasteiger charge is -2.07. The molecule has 0 aliphatic carbocycles. The molecule has 1 heterocycles. The van der Waals surface area contributed by atoms with Gasteiger partial charge in [-0.1, -0.05) is 29.8 Å². The summed E-state index contributed by atoms with van der Waals surface area (Å²) >= 11 is 6.05. The molecule has 0 aliphatic heterocycles. The lowest BCUT2D eigenvalue weighted by molar-refractivity contribution is 0.102. The number of anilines is 1. The number of rotatable bonds is 4. The van der Waals surface area contributed by atoms with Crippen molar-refractivity contribution in [3.05, 3.63) is 71.8 Å². The van der Waals surface area contributed by atoms with Crippen LogP contribution in [0.2, 0.25) is 5.02 Å². The summed E-state index contributed by atoms with van der Waals surface area (Å²) in [6.07, 6.45) is 3.28. The van der Waals surface area contributed by atoms with Gasteiger partial charge in [-0.05, 0) is 30.3 Å². The molecular formula is C17H14ClN3O2. The molecule has 3 rings (SSSR count). The van der Waals surface area contributed by atoms with Gasteiger partial charge >= 0.3 is 0 Å². The average Bonchev–Trinajstić information content (AvgIpc) is 3.06. The van der Waals surface area contributed by atoms with Gasteiger partial charge in [0.1, 0.15) is 17.8 Å². The monoisotopic (exact) mass is 327 g/mol. The lowest BCUT2D eigenvalue weighted by atomic mass is 10.3. The Bertz CT molecular complexity index is 831. The van der Waals surface area contributed by atoms with Crippen LogP contribution in [0.25, 0.3) is 5.69 Å². The fourth-order valence-corrected chi connectivity index (χ4v) is 2.38. The van der Waals surface area contributed by atoms with E-state index in [2.05, 4.69) is 10.3 Å². The maximum Gasteiger partial charge on any atom is 0.275 e. The molecule has 0 saturated heterocycles. The van der Waals surface area contributed by atoms with Crippen LogP contribution in [-0.2, 0) is 0 Å². The fourth-order valence-electron chi connectivity index (χ4n) is 2.12. The Labute approximate surface area is 138 Å². The number of hydrogen-bond acceptors (Lipinski definition) is 3. The minimum Gasteiger partial charge on any atom is -0.495 e. The van der Waals surface area contributed by atoms with E-state index in [1.165, 1.54) is 7.11 Å². The quantitative estimate of drug-likeness (QED) is 0.793. The van der Waals surface area contributed by atoms with Crippen molar-refractivity contribution in [2.75, 3.05) is 12.4 Å². The van der Waals surface area contributed by atoms with Crippen LogP contribution >= 0.6 is 11.6 Å². The number of imidazole rings is 1. The molecule has 1 aromatic heterocycles. The summed E-state index contributed by atoms with van der Waals surface area (Å²) in [5.74, 6) is 0.249. The number of carbonyl (C=O) groups excluding carboxylic acids is 1. The smallest absolute Gasteiger partial charge is 0.275 e. The first-order valence-corrected chi connectivity index (χ1v) is 7.29. The molecule has 0 unspecified atom stereocenters. The summed E-state index contributed by atoms with van der Waals surface area (Å²) in [5.41, 5.74) is 1.84. The summed E-state index contributed by atoms with van der Waals surface area (Å²) in [4.78, 5) is 16.4.